The van der Waals surface area contributed by atoms with Crippen LogP contribution in [0.4, 0.5) is 11.4 Å². The third-order valence-corrected chi connectivity index (χ3v) is 5.10. The van der Waals surface area contributed by atoms with Gasteiger partial charge in [-0.3, -0.25) is 14.2 Å². The van der Waals surface area contributed by atoms with E-state index in [2.05, 4.69) is 20.5 Å². The predicted molar refractivity (Wildman–Crippen MR) is 108 cm³/mol. The quantitative estimate of drug-likeness (QED) is 0.688. The van der Waals surface area contributed by atoms with E-state index in [0.29, 0.717) is 17.9 Å². The maximum Gasteiger partial charge on any atom is 0.229 e. The van der Waals surface area contributed by atoms with Gasteiger partial charge in [-0.05, 0) is 30.2 Å². The number of aryl methyl sites for hydroxylation is 2. The Labute approximate surface area is 165 Å². The number of benzene rings is 1. The van der Waals surface area contributed by atoms with Gasteiger partial charge in [-0.2, -0.15) is 5.10 Å². The summed E-state index contributed by atoms with van der Waals surface area (Å²) in [6, 6.07) is 5.17. The lowest BCUT2D eigenvalue weighted by Gasteiger charge is -2.18. The van der Waals surface area contributed by atoms with E-state index in [1.165, 1.54) is 0 Å². The standard InChI is InChI=1S/C17H23N5O3S.ClH/c1-11-4-5-13(6-16(11)21-26(3,24)25)20-17(23)15-9-18-8-14(15)12-7-19-22(2)10-12;/h4-7,10,14-15,18,21H,8-9H2,1-3H3,(H,20,23);1H/t14-,15+;/m1./s1. The highest BCUT2D eigenvalue weighted by Crippen LogP contribution is 2.29. The third kappa shape index (κ3) is 5.21. The molecule has 1 amide bonds. The SMILES string of the molecule is Cc1ccc(NC(=O)[C@H]2CNC[C@@H]2c2cnn(C)c2)cc1NS(C)(=O)=O.Cl. The zero-order valence-electron chi connectivity index (χ0n) is 15.4. The summed E-state index contributed by atoms with van der Waals surface area (Å²) in [4.78, 5) is 12.8. The molecule has 2 atom stereocenters. The molecule has 0 spiro atoms. The molecule has 0 saturated carbocycles. The fraction of sp³-hybridized carbons (Fsp3) is 0.412. The number of rotatable bonds is 5. The van der Waals surface area contributed by atoms with Crippen LogP contribution in [0.15, 0.2) is 30.6 Å². The molecule has 0 radical (unpaired) electrons. The van der Waals surface area contributed by atoms with Crippen molar-refractivity contribution in [2.24, 2.45) is 13.0 Å². The molecule has 27 heavy (non-hydrogen) atoms. The summed E-state index contributed by atoms with van der Waals surface area (Å²) in [7, 11) is -1.53. The molecule has 1 aliphatic heterocycles. The normalized spacial score (nSPS) is 19.4. The molecule has 1 aromatic carbocycles. The number of carbonyl (C=O) groups is 1. The molecule has 0 unspecified atom stereocenters. The Bertz CT molecular complexity index is 928. The van der Waals surface area contributed by atoms with Crippen LogP contribution in [0, 0.1) is 12.8 Å². The van der Waals surface area contributed by atoms with Crippen LogP contribution in [-0.4, -0.2) is 43.5 Å². The third-order valence-electron chi connectivity index (χ3n) is 4.50. The highest BCUT2D eigenvalue weighted by molar-refractivity contribution is 7.92. The molecule has 3 N–H and O–H groups in total. The molecule has 2 heterocycles. The minimum absolute atomic E-state index is 0. The topological polar surface area (TPSA) is 105 Å². The number of sulfonamides is 1. The zero-order chi connectivity index (χ0) is 18.9. The van der Waals surface area contributed by atoms with E-state index in [0.717, 1.165) is 23.9 Å². The van der Waals surface area contributed by atoms with Gasteiger partial charge in [-0.1, -0.05) is 6.07 Å². The second-order valence-corrected chi connectivity index (χ2v) is 8.46. The number of aromatic nitrogens is 2. The Kier molecular flexibility index (Phi) is 6.50. The van der Waals surface area contributed by atoms with Gasteiger partial charge in [0.2, 0.25) is 15.9 Å². The van der Waals surface area contributed by atoms with E-state index in [1.54, 1.807) is 36.0 Å². The fourth-order valence-electron chi connectivity index (χ4n) is 3.18. The Hall–Kier alpha value is -2.10. The van der Waals surface area contributed by atoms with E-state index in [9.17, 15) is 13.2 Å². The number of amides is 1. The molecular weight excluding hydrogens is 390 g/mol. The molecule has 3 rings (SSSR count). The first kappa shape index (κ1) is 21.2. The minimum atomic E-state index is -3.39. The van der Waals surface area contributed by atoms with Gasteiger partial charge in [-0.25, -0.2) is 8.42 Å². The van der Waals surface area contributed by atoms with Gasteiger partial charge in [0.15, 0.2) is 0 Å². The Morgan fingerprint density at radius 2 is 2.07 bits per heavy atom. The summed E-state index contributed by atoms with van der Waals surface area (Å²) < 4.78 is 27.2. The molecule has 0 aliphatic carbocycles. The van der Waals surface area contributed by atoms with Gasteiger partial charge < -0.3 is 10.6 Å². The Morgan fingerprint density at radius 3 is 2.70 bits per heavy atom. The van der Waals surface area contributed by atoms with Crippen LogP contribution >= 0.6 is 12.4 Å². The van der Waals surface area contributed by atoms with Crippen molar-refractivity contribution in [2.45, 2.75) is 12.8 Å². The summed E-state index contributed by atoms with van der Waals surface area (Å²) in [5, 5.41) is 10.3. The molecule has 1 aromatic heterocycles. The van der Waals surface area contributed by atoms with Crippen LogP contribution in [0.1, 0.15) is 17.0 Å². The number of halogens is 1. The van der Waals surface area contributed by atoms with Gasteiger partial charge in [0.05, 0.1) is 24.1 Å². The van der Waals surface area contributed by atoms with Crippen molar-refractivity contribution in [1.29, 1.82) is 0 Å². The van der Waals surface area contributed by atoms with E-state index < -0.39 is 10.0 Å². The van der Waals surface area contributed by atoms with Crippen molar-refractivity contribution in [3.8, 4) is 0 Å². The molecule has 148 valence electrons. The van der Waals surface area contributed by atoms with Gasteiger partial charge in [-0.15, -0.1) is 12.4 Å². The van der Waals surface area contributed by atoms with Crippen molar-refractivity contribution in [2.75, 3.05) is 29.4 Å². The average Bonchev–Trinajstić information content (AvgIpc) is 3.17. The molecule has 10 heteroatoms. The summed E-state index contributed by atoms with van der Waals surface area (Å²) in [5.74, 6) is -0.257. The van der Waals surface area contributed by atoms with Crippen molar-refractivity contribution in [1.82, 2.24) is 15.1 Å². The van der Waals surface area contributed by atoms with Gasteiger partial charge in [0.1, 0.15) is 0 Å². The Morgan fingerprint density at radius 1 is 1.33 bits per heavy atom. The van der Waals surface area contributed by atoms with Crippen molar-refractivity contribution in [3.05, 3.63) is 41.7 Å². The van der Waals surface area contributed by atoms with Crippen LogP contribution in [0.25, 0.3) is 0 Å². The first-order valence-electron chi connectivity index (χ1n) is 8.31. The van der Waals surface area contributed by atoms with Crippen LogP contribution in [0.2, 0.25) is 0 Å². The molecule has 1 aliphatic rings. The van der Waals surface area contributed by atoms with Gasteiger partial charge >= 0.3 is 0 Å². The maximum atomic E-state index is 12.8. The first-order chi connectivity index (χ1) is 12.2. The summed E-state index contributed by atoms with van der Waals surface area (Å²) in [6.07, 6.45) is 4.82. The number of anilines is 2. The number of hydrogen-bond acceptors (Lipinski definition) is 5. The largest absolute Gasteiger partial charge is 0.326 e. The zero-order valence-corrected chi connectivity index (χ0v) is 17.0. The van der Waals surface area contributed by atoms with Crippen molar-refractivity contribution in [3.63, 3.8) is 0 Å². The molecule has 1 fully saturated rings. The Balaban J connectivity index is 0.00000261. The lowest BCUT2D eigenvalue weighted by atomic mass is 9.90. The number of hydrogen-bond donors (Lipinski definition) is 3. The van der Waals surface area contributed by atoms with Crippen LogP contribution < -0.4 is 15.4 Å². The molecule has 0 bridgehead atoms. The van der Waals surface area contributed by atoms with Crippen LogP contribution in [0.5, 0.6) is 0 Å². The van der Waals surface area contributed by atoms with E-state index in [4.69, 9.17) is 0 Å². The van der Waals surface area contributed by atoms with Crippen molar-refractivity contribution >= 4 is 39.7 Å². The van der Waals surface area contributed by atoms with E-state index in [1.807, 2.05) is 13.2 Å². The molecule has 1 saturated heterocycles. The monoisotopic (exact) mass is 413 g/mol. The summed E-state index contributed by atoms with van der Waals surface area (Å²) in [6.45, 7) is 3.11. The smallest absolute Gasteiger partial charge is 0.229 e. The number of nitrogens with one attached hydrogen (secondary N) is 3. The van der Waals surface area contributed by atoms with Gasteiger partial charge in [0, 0.05) is 37.9 Å². The predicted octanol–water partition coefficient (Wildman–Crippen LogP) is 1.46. The second kappa shape index (κ2) is 8.28. The molecule has 2 aromatic rings. The number of carbonyl (C=O) groups excluding carboxylic acids is 1. The van der Waals surface area contributed by atoms with Crippen LogP contribution in [-0.2, 0) is 21.9 Å². The molecule has 8 nitrogen and oxygen atoms in total. The van der Waals surface area contributed by atoms with Gasteiger partial charge in [0.25, 0.3) is 0 Å². The minimum Gasteiger partial charge on any atom is -0.326 e. The van der Waals surface area contributed by atoms with E-state index >= 15 is 0 Å². The lowest BCUT2D eigenvalue weighted by molar-refractivity contribution is -0.119. The fourth-order valence-corrected chi connectivity index (χ4v) is 3.80. The van der Waals surface area contributed by atoms with Crippen molar-refractivity contribution < 1.29 is 13.2 Å². The lowest BCUT2D eigenvalue weighted by Crippen LogP contribution is -2.28. The average molecular weight is 414 g/mol. The van der Waals surface area contributed by atoms with E-state index in [-0.39, 0.29) is 30.2 Å². The maximum absolute atomic E-state index is 12.8. The highest BCUT2D eigenvalue weighted by atomic mass is 35.5. The number of nitrogens with zero attached hydrogens (tertiary/aromatic N) is 2. The molecular formula is C17H24ClN5O3S. The highest BCUT2D eigenvalue weighted by Gasteiger charge is 2.34. The summed E-state index contributed by atoms with van der Waals surface area (Å²) >= 11 is 0. The first-order valence-corrected chi connectivity index (χ1v) is 10.2. The summed E-state index contributed by atoms with van der Waals surface area (Å²) in [5.41, 5.74) is 2.83. The second-order valence-electron chi connectivity index (χ2n) is 6.71. The van der Waals surface area contributed by atoms with Crippen LogP contribution in [0.3, 0.4) is 0 Å².